The van der Waals surface area contributed by atoms with Crippen LogP contribution in [0.3, 0.4) is 0 Å². The number of hydrogen-bond donors (Lipinski definition) is 1. The first kappa shape index (κ1) is 11.7. The Labute approximate surface area is 101 Å². The van der Waals surface area contributed by atoms with Gasteiger partial charge in [0.1, 0.15) is 5.75 Å². The SMILES string of the molecule is COc1ccc(C(O)C2CC2(C)C)cc1Cl. The van der Waals surface area contributed by atoms with E-state index in [2.05, 4.69) is 13.8 Å². The Hall–Kier alpha value is -0.730. The van der Waals surface area contributed by atoms with Gasteiger partial charge >= 0.3 is 0 Å². The zero-order chi connectivity index (χ0) is 11.9. The van der Waals surface area contributed by atoms with Crippen LogP contribution in [0.5, 0.6) is 5.75 Å². The highest BCUT2D eigenvalue weighted by atomic mass is 35.5. The maximum Gasteiger partial charge on any atom is 0.137 e. The van der Waals surface area contributed by atoms with E-state index in [4.69, 9.17) is 16.3 Å². The molecule has 1 aromatic carbocycles. The van der Waals surface area contributed by atoms with Gasteiger partial charge in [-0.25, -0.2) is 0 Å². The smallest absolute Gasteiger partial charge is 0.137 e. The molecule has 0 heterocycles. The van der Waals surface area contributed by atoms with Crippen LogP contribution in [0.4, 0.5) is 0 Å². The summed E-state index contributed by atoms with van der Waals surface area (Å²) >= 11 is 6.03. The molecule has 0 radical (unpaired) electrons. The van der Waals surface area contributed by atoms with E-state index in [-0.39, 0.29) is 5.41 Å². The average molecular weight is 241 g/mol. The summed E-state index contributed by atoms with van der Waals surface area (Å²) in [5.41, 5.74) is 1.13. The number of halogens is 1. The van der Waals surface area contributed by atoms with Crippen molar-refractivity contribution in [1.29, 1.82) is 0 Å². The fraction of sp³-hybridized carbons (Fsp3) is 0.538. The molecule has 2 rings (SSSR count). The molecular weight excluding hydrogens is 224 g/mol. The molecule has 0 amide bonds. The highest BCUT2D eigenvalue weighted by Gasteiger charge is 2.50. The molecule has 1 saturated carbocycles. The Bertz CT molecular complexity index is 401. The molecule has 2 unspecified atom stereocenters. The molecule has 1 fully saturated rings. The Morgan fingerprint density at radius 3 is 2.56 bits per heavy atom. The Morgan fingerprint density at radius 2 is 2.12 bits per heavy atom. The van der Waals surface area contributed by atoms with Gasteiger partial charge < -0.3 is 9.84 Å². The molecule has 0 aromatic heterocycles. The van der Waals surface area contributed by atoms with Crippen LogP contribution in [-0.2, 0) is 0 Å². The van der Waals surface area contributed by atoms with Crippen LogP contribution in [0.15, 0.2) is 18.2 Å². The number of hydrogen-bond acceptors (Lipinski definition) is 2. The van der Waals surface area contributed by atoms with Crippen LogP contribution in [0.1, 0.15) is 31.9 Å². The van der Waals surface area contributed by atoms with E-state index in [9.17, 15) is 5.11 Å². The Kier molecular flexibility index (Phi) is 2.89. The van der Waals surface area contributed by atoms with Crippen LogP contribution < -0.4 is 4.74 Å². The van der Waals surface area contributed by atoms with Crippen LogP contribution in [-0.4, -0.2) is 12.2 Å². The van der Waals surface area contributed by atoms with Gasteiger partial charge in [0.25, 0.3) is 0 Å². The minimum Gasteiger partial charge on any atom is -0.495 e. The summed E-state index contributed by atoms with van der Waals surface area (Å²) in [5.74, 6) is 0.990. The third-order valence-corrected chi connectivity index (χ3v) is 3.78. The van der Waals surface area contributed by atoms with Crippen LogP contribution in [0.2, 0.25) is 5.02 Å². The maximum atomic E-state index is 10.2. The number of ether oxygens (including phenoxy) is 1. The molecule has 0 spiro atoms. The van der Waals surface area contributed by atoms with Gasteiger partial charge in [0, 0.05) is 0 Å². The molecule has 0 saturated heterocycles. The van der Waals surface area contributed by atoms with E-state index in [1.54, 1.807) is 19.2 Å². The number of aliphatic hydroxyl groups excluding tert-OH is 1. The van der Waals surface area contributed by atoms with E-state index in [1.807, 2.05) is 6.07 Å². The van der Waals surface area contributed by atoms with Gasteiger partial charge in [0.2, 0.25) is 0 Å². The zero-order valence-electron chi connectivity index (χ0n) is 9.83. The van der Waals surface area contributed by atoms with E-state index < -0.39 is 6.10 Å². The second-order valence-electron chi connectivity index (χ2n) is 5.14. The van der Waals surface area contributed by atoms with E-state index >= 15 is 0 Å². The number of benzene rings is 1. The molecule has 3 heteroatoms. The Morgan fingerprint density at radius 1 is 1.50 bits per heavy atom. The fourth-order valence-electron chi connectivity index (χ4n) is 2.15. The van der Waals surface area contributed by atoms with Gasteiger partial charge in [-0.05, 0) is 35.4 Å². The quantitative estimate of drug-likeness (QED) is 0.877. The predicted octanol–water partition coefficient (Wildman–Crippen LogP) is 3.43. The lowest BCUT2D eigenvalue weighted by Gasteiger charge is -2.14. The van der Waals surface area contributed by atoms with Crippen molar-refractivity contribution < 1.29 is 9.84 Å². The average Bonchev–Trinajstić information content (AvgIpc) is 2.86. The monoisotopic (exact) mass is 240 g/mol. The number of methoxy groups -OCH3 is 1. The van der Waals surface area contributed by atoms with Gasteiger partial charge in [0.15, 0.2) is 0 Å². The highest BCUT2D eigenvalue weighted by Crippen LogP contribution is 2.57. The first-order valence-electron chi connectivity index (χ1n) is 5.47. The van der Waals surface area contributed by atoms with Gasteiger partial charge in [0.05, 0.1) is 18.2 Å². The van der Waals surface area contributed by atoms with Crippen molar-refractivity contribution in [3.05, 3.63) is 28.8 Å². The molecule has 1 aliphatic rings. The van der Waals surface area contributed by atoms with Crippen molar-refractivity contribution in [2.75, 3.05) is 7.11 Å². The molecule has 2 atom stereocenters. The molecule has 1 aromatic rings. The summed E-state index contributed by atoms with van der Waals surface area (Å²) in [7, 11) is 1.58. The maximum absolute atomic E-state index is 10.2. The predicted molar refractivity (Wildman–Crippen MR) is 64.9 cm³/mol. The summed E-state index contributed by atoms with van der Waals surface area (Å²) in [4.78, 5) is 0. The molecule has 2 nitrogen and oxygen atoms in total. The second-order valence-corrected chi connectivity index (χ2v) is 5.55. The van der Waals surface area contributed by atoms with Crippen molar-refractivity contribution in [2.24, 2.45) is 11.3 Å². The van der Waals surface area contributed by atoms with E-state index in [0.717, 1.165) is 12.0 Å². The molecule has 0 bridgehead atoms. The van der Waals surface area contributed by atoms with Crippen LogP contribution in [0.25, 0.3) is 0 Å². The molecule has 1 aliphatic carbocycles. The van der Waals surface area contributed by atoms with E-state index in [0.29, 0.717) is 16.7 Å². The first-order chi connectivity index (χ1) is 7.45. The lowest BCUT2D eigenvalue weighted by atomic mass is 10.00. The van der Waals surface area contributed by atoms with Crippen molar-refractivity contribution in [1.82, 2.24) is 0 Å². The molecular formula is C13H17ClO2. The number of aliphatic hydroxyl groups is 1. The molecule has 88 valence electrons. The van der Waals surface area contributed by atoms with Crippen molar-refractivity contribution in [3.63, 3.8) is 0 Å². The third-order valence-electron chi connectivity index (χ3n) is 3.49. The standard InChI is InChI=1S/C13H17ClO2/c1-13(2)7-9(13)12(15)8-4-5-11(16-3)10(14)6-8/h4-6,9,12,15H,7H2,1-3H3. The largest absolute Gasteiger partial charge is 0.495 e. The lowest BCUT2D eigenvalue weighted by molar-refractivity contribution is 0.138. The normalized spacial score (nSPS) is 23.9. The van der Waals surface area contributed by atoms with Gasteiger partial charge in [-0.2, -0.15) is 0 Å². The van der Waals surface area contributed by atoms with Gasteiger partial charge in [-0.15, -0.1) is 0 Å². The fourth-order valence-corrected chi connectivity index (χ4v) is 2.41. The van der Waals surface area contributed by atoms with E-state index in [1.165, 1.54) is 0 Å². The summed E-state index contributed by atoms with van der Waals surface area (Å²) in [6, 6.07) is 5.47. The van der Waals surface area contributed by atoms with Crippen molar-refractivity contribution in [2.45, 2.75) is 26.4 Å². The topological polar surface area (TPSA) is 29.5 Å². The summed E-state index contributed by atoms with van der Waals surface area (Å²) in [6.07, 6.45) is 0.649. The van der Waals surface area contributed by atoms with Crippen molar-refractivity contribution >= 4 is 11.6 Å². The lowest BCUT2D eigenvalue weighted by Crippen LogP contribution is -2.04. The summed E-state index contributed by atoms with van der Waals surface area (Å²) in [5, 5.41) is 10.7. The highest BCUT2D eigenvalue weighted by molar-refractivity contribution is 6.32. The Balaban J connectivity index is 2.19. The van der Waals surface area contributed by atoms with Crippen molar-refractivity contribution in [3.8, 4) is 5.75 Å². The second kappa shape index (κ2) is 3.94. The van der Waals surface area contributed by atoms with Gasteiger partial charge in [-0.3, -0.25) is 0 Å². The minimum atomic E-state index is -0.418. The molecule has 16 heavy (non-hydrogen) atoms. The first-order valence-corrected chi connectivity index (χ1v) is 5.85. The third kappa shape index (κ3) is 2.04. The zero-order valence-corrected chi connectivity index (χ0v) is 10.6. The molecule has 0 aliphatic heterocycles. The van der Waals surface area contributed by atoms with Crippen LogP contribution >= 0.6 is 11.6 Å². The summed E-state index contributed by atoms with van der Waals surface area (Å²) < 4.78 is 5.08. The minimum absolute atomic E-state index is 0.256. The van der Waals surface area contributed by atoms with Crippen LogP contribution in [0, 0.1) is 11.3 Å². The number of rotatable bonds is 3. The summed E-state index contributed by atoms with van der Waals surface area (Å²) in [6.45, 7) is 4.35. The molecule has 1 N–H and O–H groups in total. The van der Waals surface area contributed by atoms with Gasteiger partial charge in [-0.1, -0.05) is 31.5 Å².